The number of benzene rings is 1. The predicted molar refractivity (Wildman–Crippen MR) is 86.6 cm³/mol. The van der Waals surface area contributed by atoms with E-state index in [0.29, 0.717) is 12.6 Å². The van der Waals surface area contributed by atoms with Crippen molar-refractivity contribution in [3.8, 4) is 0 Å². The first kappa shape index (κ1) is 15.3. The molecule has 0 radical (unpaired) electrons. The van der Waals surface area contributed by atoms with Gasteiger partial charge in [-0.1, -0.05) is 36.8 Å². The lowest BCUT2D eigenvalue weighted by Gasteiger charge is -2.29. The van der Waals surface area contributed by atoms with Crippen LogP contribution in [0, 0.1) is 0 Å². The highest BCUT2D eigenvalue weighted by Gasteiger charge is 2.33. The van der Waals surface area contributed by atoms with Crippen molar-refractivity contribution >= 4 is 6.09 Å². The van der Waals surface area contributed by atoms with Gasteiger partial charge in [-0.25, -0.2) is 4.79 Å². The van der Waals surface area contributed by atoms with Crippen molar-refractivity contribution in [1.82, 2.24) is 9.80 Å². The third-order valence-electron chi connectivity index (χ3n) is 4.53. The predicted octanol–water partition coefficient (Wildman–Crippen LogP) is 3.27. The van der Waals surface area contributed by atoms with Crippen LogP contribution in [0.4, 0.5) is 4.79 Å². The highest BCUT2D eigenvalue weighted by molar-refractivity contribution is 5.68. The number of hydrogen-bond donors (Lipinski definition) is 0. The molecule has 4 heteroatoms. The summed E-state index contributed by atoms with van der Waals surface area (Å²) in [4.78, 5) is 16.8. The van der Waals surface area contributed by atoms with Crippen molar-refractivity contribution in [2.45, 2.75) is 44.8 Å². The third kappa shape index (κ3) is 4.47. The Morgan fingerprint density at radius 2 is 1.86 bits per heavy atom. The number of nitrogens with zero attached hydrogens (tertiary/aromatic N) is 2. The Labute approximate surface area is 133 Å². The molecule has 1 amide bonds. The van der Waals surface area contributed by atoms with E-state index in [2.05, 4.69) is 4.90 Å². The summed E-state index contributed by atoms with van der Waals surface area (Å²) >= 11 is 0. The van der Waals surface area contributed by atoms with Gasteiger partial charge in [-0.3, -0.25) is 0 Å². The Hall–Kier alpha value is -1.55. The normalized spacial score (nSPS) is 18.9. The number of piperidine rings is 1. The summed E-state index contributed by atoms with van der Waals surface area (Å²) in [6, 6.07) is 10.3. The van der Waals surface area contributed by atoms with Gasteiger partial charge in [0.15, 0.2) is 0 Å². The van der Waals surface area contributed by atoms with Gasteiger partial charge in [-0.05, 0) is 44.3 Å². The average Bonchev–Trinajstić information content (AvgIpc) is 3.40. The fourth-order valence-corrected chi connectivity index (χ4v) is 3.04. The molecule has 22 heavy (non-hydrogen) atoms. The van der Waals surface area contributed by atoms with Crippen molar-refractivity contribution in [3.05, 3.63) is 35.9 Å². The topological polar surface area (TPSA) is 32.8 Å². The van der Waals surface area contributed by atoms with Crippen LogP contribution in [0.2, 0.25) is 0 Å². The second-order valence-electron chi connectivity index (χ2n) is 6.37. The molecule has 1 saturated heterocycles. The highest BCUT2D eigenvalue weighted by atomic mass is 16.6. The molecule has 4 nitrogen and oxygen atoms in total. The highest BCUT2D eigenvalue weighted by Crippen LogP contribution is 2.27. The zero-order valence-corrected chi connectivity index (χ0v) is 13.2. The van der Waals surface area contributed by atoms with Crippen molar-refractivity contribution in [1.29, 1.82) is 0 Å². The summed E-state index contributed by atoms with van der Waals surface area (Å²) < 4.78 is 5.50. The Morgan fingerprint density at radius 3 is 2.55 bits per heavy atom. The summed E-state index contributed by atoms with van der Waals surface area (Å²) in [5.74, 6) is 0. The van der Waals surface area contributed by atoms with E-state index in [9.17, 15) is 4.79 Å². The van der Waals surface area contributed by atoms with Gasteiger partial charge >= 0.3 is 6.09 Å². The lowest BCUT2D eigenvalue weighted by Crippen LogP contribution is -2.41. The van der Waals surface area contributed by atoms with Crippen molar-refractivity contribution < 1.29 is 9.53 Å². The van der Waals surface area contributed by atoms with E-state index in [4.69, 9.17) is 4.74 Å². The van der Waals surface area contributed by atoms with E-state index >= 15 is 0 Å². The van der Waals surface area contributed by atoms with Crippen LogP contribution in [0.25, 0.3) is 0 Å². The first-order valence-electron chi connectivity index (χ1n) is 8.52. The number of ether oxygens (including phenoxy) is 1. The molecular weight excluding hydrogens is 276 g/mol. The smallest absolute Gasteiger partial charge is 0.410 e. The van der Waals surface area contributed by atoms with Crippen LogP contribution in [-0.2, 0) is 11.3 Å². The number of carbonyl (C=O) groups is 1. The fraction of sp³-hybridized carbons (Fsp3) is 0.611. The summed E-state index contributed by atoms with van der Waals surface area (Å²) in [7, 11) is 0. The van der Waals surface area contributed by atoms with E-state index in [1.165, 1.54) is 32.4 Å². The second-order valence-corrected chi connectivity index (χ2v) is 6.37. The summed E-state index contributed by atoms with van der Waals surface area (Å²) in [6.45, 7) is 4.51. The minimum Gasteiger partial charge on any atom is -0.445 e. The van der Waals surface area contributed by atoms with E-state index in [1.54, 1.807) is 0 Å². The van der Waals surface area contributed by atoms with Crippen LogP contribution in [-0.4, -0.2) is 48.1 Å². The van der Waals surface area contributed by atoms with Crippen LogP contribution in [0.15, 0.2) is 30.3 Å². The molecule has 0 spiro atoms. The maximum atomic E-state index is 12.4. The van der Waals surface area contributed by atoms with E-state index in [-0.39, 0.29) is 6.09 Å². The SMILES string of the molecule is O=C(OCc1ccccc1)N(CCN1CCCCC1)C1CC1. The summed E-state index contributed by atoms with van der Waals surface area (Å²) in [5, 5.41) is 0. The van der Waals surface area contributed by atoms with Crippen LogP contribution in [0.5, 0.6) is 0 Å². The lowest BCUT2D eigenvalue weighted by molar-refractivity contribution is 0.0871. The molecule has 1 aromatic rings. The Kier molecular flexibility index (Phi) is 5.33. The van der Waals surface area contributed by atoms with E-state index in [0.717, 1.165) is 31.5 Å². The maximum absolute atomic E-state index is 12.4. The van der Waals surface area contributed by atoms with Crippen LogP contribution in [0.3, 0.4) is 0 Å². The number of carbonyl (C=O) groups excluding carboxylic acids is 1. The van der Waals surface area contributed by atoms with Gasteiger partial charge in [0.2, 0.25) is 0 Å². The van der Waals surface area contributed by atoms with Gasteiger partial charge < -0.3 is 14.5 Å². The molecule has 2 fully saturated rings. The first-order valence-corrected chi connectivity index (χ1v) is 8.52. The molecule has 1 aromatic carbocycles. The molecule has 0 bridgehead atoms. The monoisotopic (exact) mass is 302 g/mol. The largest absolute Gasteiger partial charge is 0.445 e. The molecule has 1 saturated carbocycles. The molecule has 3 rings (SSSR count). The van der Waals surface area contributed by atoms with Crippen LogP contribution >= 0.6 is 0 Å². The Balaban J connectivity index is 1.46. The molecule has 0 unspecified atom stereocenters. The average molecular weight is 302 g/mol. The summed E-state index contributed by atoms with van der Waals surface area (Å²) in [5.41, 5.74) is 1.04. The van der Waals surface area contributed by atoms with Gasteiger partial charge in [0.05, 0.1) is 0 Å². The molecule has 1 heterocycles. The molecule has 0 N–H and O–H groups in total. The minimum absolute atomic E-state index is 0.150. The standard InChI is InChI=1S/C18H26N2O2/c21-18(22-15-16-7-3-1-4-8-16)20(17-9-10-17)14-13-19-11-5-2-6-12-19/h1,3-4,7-8,17H,2,5-6,9-15H2. The number of rotatable bonds is 6. The van der Waals surface area contributed by atoms with Gasteiger partial charge in [-0.2, -0.15) is 0 Å². The Bertz CT molecular complexity index is 467. The van der Waals surface area contributed by atoms with Crippen molar-refractivity contribution in [2.75, 3.05) is 26.2 Å². The maximum Gasteiger partial charge on any atom is 0.410 e. The van der Waals surface area contributed by atoms with Gasteiger partial charge in [0, 0.05) is 19.1 Å². The van der Waals surface area contributed by atoms with Crippen LogP contribution < -0.4 is 0 Å². The number of amides is 1. The van der Waals surface area contributed by atoms with E-state index < -0.39 is 0 Å². The zero-order chi connectivity index (χ0) is 15.2. The molecular formula is C18H26N2O2. The fourth-order valence-electron chi connectivity index (χ4n) is 3.04. The molecule has 1 aliphatic heterocycles. The van der Waals surface area contributed by atoms with Gasteiger partial charge in [0.25, 0.3) is 0 Å². The molecule has 2 aliphatic rings. The number of likely N-dealkylation sites (tertiary alicyclic amines) is 1. The quantitative estimate of drug-likeness (QED) is 0.808. The zero-order valence-electron chi connectivity index (χ0n) is 13.2. The van der Waals surface area contributed by atoms with Gasteiger partial charge in [-0.15, -0.1) is 0 Å². The van der Waals surface area contributed by atoms with Crippen LogP contribution in [0.1, 0.15) is 37.7 Å². The lowest BCUT2D eigenvalue weighted by atomic mass is 10.1. The molecule has 120 valence electrons. The molecule has 0 aromatic heterocycles. The minimum atomic E-state index is -0.150. The molecule has 0 atom stereocenters. The van der Waals surface area contributed by atoms with Crippen molar-refractivity contribution in [2.24, 2.45) is 0 Å². The summed E-state index contributed by atoms with van der Waals surface area (Å²) in [6.07, 6.45) is 6.04. The third-order valence-corrected chi connectivity index (χ3v) is 4.53. The second kappa shape index (κ2) is 7.63. The van der Waals surface area contributed by atoms with Gasteiger partial charge in [0.1, 0.15) is 6.61 Å². The molecule has 1 aliphatic carbocycles. The Morgan fingerprint density at radius 1 is 1.14 bits per heavy atom. The van der Waals surface area contributed by atoms with Crippen molar-refractivity contribution in [3.63, 3.8) is 0 Å². The number of hydrogen-bond acceptors (Lipinski definition) is 3. The van der Waals surface area contributed by atoms with E-state index in [1.807, 2.05) is 35.2 Å². The first-order chi connectivity index (χ1) is 10.8.